The van der Waals surface area contributed by atoms with Crippen LogP contribution in [0.15, 0.2) is 66.0 Å². The molecular weight excluding hydrogens is 410 g/mol. The molecule has 1 aromatic carbocycles. The third-order valence-electron chi connectivity index (χ3n) is 4.43. The number of nitrogens with zero attached hydrogens (tertiary/aromatic N) is 5. The fraction of sp³-hybridized carbons (Fsp3) is 0.143. The summed E-state index contributed by atoms with van der Waals surface area (Å²) in [7, 11) is 0. The number of rotatable bonds is 6. The first kappa shape index (κ1) is 19.9. The summed E-state index contributed by atoms with van der Waals surface area (Å²) < 4.78 is 30.7. The number of aromatic nitrogens is 4. The van der Waals surface area contributed by atoms with Gasteiger partial charge >= 0.3 is 5.92 Å². The van der Waals surface area contributed by atoms with E-state index in [9.17, 15) is 8.78 Å². The van der Waals surface area contributed by atoms with Crippen LogP contribution in [0.4, 0.5) is 14.6 Å². The van der Waals surface area contributed by atoms with Gasteiger partial charge in [0.15, 0.2) is 5.82 Å². The van der Waals surface area contributed by atoms with Gasteiger partial charge in [0, 0.05) is 12.4 Å². The maximum atomic E-state index is 14.7. The average Bonchev–Trinajstić information content (AvgIpc) is 3.11. The monoisotopic (exact) mass is 426 g/mol. The predicted octanol–water partition coefficient (Wildman–Crippen LogP) is 5.03. The Morgan fingerprint density at radius 2 is 2.03 bits per heavy atom. The van der Waals surface area contributed by atoms with Gasteiger partial charge in [0.1, 0.15) is 11.3 Å². The number of hydrogen-bond acceptors (Lipinski definition) is 5. The van der Waals surface area contributed by atoms with E-state index in [2.05, 4.69) is 25.5 Å². The minimum atomic E-state index is -3.18. The smallest absolute Gasteiger partial charge is 0.307 e. The molecule has 4 aromatic rings. The molecule has 0 spiro atoms. The van der Waals surface area contributed by atoms with Crippen LogP contribution in [0.1, 0.15) is 16.8 Å². The van der Waals surface area contributed by atoms with Gasteiger partial charge < -0.3 is 4.57 Å². The topological polar surface area (TPSA) is 68.0 Å². The van der Waals surface area contributed by atoms with E-state index in [-0.39, 0.29) is 16.6 Å². The van der Waals surface area contributed by atoms with E-state index in [1.807, 2.05) is 31.2 Å². The highest BCUT2D eigenvalue weighted by atomic mass is 35.5. The van der Waals surface area contributed by atoms with Gasteiger partial charge in [-0.2, -0.15) is 23.9 Å². The molecular formula is C21H17ClF2N6. The highest BCUT2D eigenvalue weighted by Gasteiger charge is 2.34. The molecule has 0 radical (unpaired) electrons. The number of halogens is 3. The lowest BCUT2D eigenvalue weighted by Crippen LogP contribution is -2.22. The normalized spacial score (nSPS) is 12.0. The average molecular weight is 427 g/mol. The van der Waals surface area contributed by atoms with Gasteiger partial charge in [0.05, 0.1) is 18.1 Å². The molecule has 0 bridgehead atoms. The van der Waals surface area contributed by atoms with E-state index in [4.69, 9.17) is 11.6 Å². The van der Waals surface area contributed by atoms with Crippen molar-refractivity contribution in [1.29, 1.82) is 0 Å². The van der Waals surface area contributed by atoms with Gasteiger partial charge in [-0.1, -0.05) is 35.9 Å². The third kappa shape index (κ3) is 4.28. The number of alkyl halides is 2. The highest BCUT2D eigenvalue weighted by Crippen LogP contribution is 2.31. The van der Waals surface area contributed by atoms with Crippen molar-refractivity contribution in [3.63, 3.8) is 0 Å². The Bertz CT molecular complexity index is 1210. The summed E-state index contributed by atoms with van der Waals surface area (Å²) in [6, 6.07) is 13.9. The lowest BCUT2D eigenvalue weighted by atomic mass is 10.2. The predicted molar refractivity (Wildman–Crippen MR) is 113 cm³/mol. The summed E-state index contributed by atoms with van der Waals surface area (Å²) in [4.78, 5) is 12.0. The molecule has 30 heavy (non-hydrogen) atoms. The molecule has 0 amide bonds. The molecule has 6 nitrogen and oxygen atoms in total. The Hall–Kier alpha value is -3.39. The molecule has 1 N–H and O–H groups in total. The maximum Gasteiger partial charge on any atom is 0.307 e. The summed E-state index contributed by atoms with van der Waals surface area (Å²) >= 11 is 6.03. The largest absolute Gasteiger partial charge is 0.326 e. The molecule has 152 valence electrons. The quantitative estimate of drug-likeness (QED) is 0.267. The molecule has 0 aliphatic rings. The van der Waals surface area contributed by atoms with Crippen LogP contribution in [0.5, 0.6) is 0 Å². The third-order valence-corrected chi connectivity index (χ3v) is 4.60. The fourth-order valence-corrected chi connectivity index (χ4v) is 3.21. The molecule has 0 atom stereocenters. The van der Waals surface area contributed by atoms with Crippen LogP contribution >= 0.6 is 11.6 Å². The van der Waals surface area contributed by atoms with Crippen LogP contribution in [0.2, 0.25) is 5.28 Å². The SMILES string of the molecule is Cc1cccc(/C=N/Nc2nc(Cl)nc3c2ccn3CC(F)(F)c2ccccn2)c1. The van der Waals surface area contributed by atoms with Crippen molar-refractivity contribution in [2.75, 3.05) is 5.43 Å². The Balaban J connectivity index is 1.61. The molecule has 0 aliphatic carbocycles. The first-order chi connectivity index (χ1) is 14.4. The molecule has 3 heterocycles. The van der Waals surface area contributed by atoms with Gasteiger partial charge in [0.2, 0.25) is 5.28 Å². The van der Waals surface area contributed by atoms with Gasteiger partial charge in [-0.25, -0.2) is 0 Å². The van der Waals surface area contributed by atoms with Gasteiger partial charge in [-0.3, -0.25) is 10.4 Å². The lowest BCUT2D eigenvalue weighted by molar-refractivity contribution is -0.0255. The Labute approximate surface area is 176 Å². The number of hydrogen-bond donors (Lipinski definition) is 1. The van der Waals surface area contributed by atoms with Crippen molar-refractivity contribution in [3.05, 3.63) is 83.0 Å². The van der Waals surface area contributed by atoms with E-state index in [0.29, 0.717) is 11.2 Å². The van der Waals surface area contributed by atoms with Crippen molar-refractivity contribution in [3.8, 4) is 0 Å². The van der Waals surface area contributed by atoms with E-state index < -0.39 is 12.5 Å². The van der Waals surface area contributed by atoms with Crippen molar-refractivity contribution in [1.82, 2.24) is 19.5 Å². The Morgan fingerprint density at radius 3 is 2.80 bits per heavy atom. The molecule has 3 aromatic heterocycles. The zero-order chi connectivity index (χ0) is 21.1. The van der Waals surface area contributed by atoms with Crippen molar-refractivity contribution in [2.24, 2.45) is 5.10 Å². The number of anilines is 1. The van der Waals surface area contributed by atoms with Crippen LogP contribution in [0.3, 0.4) is 0 Å². The molecule has 0 unspecified atom stereocenters. The second-order valence-corrected chi connectivity index (χ2v) is 7.06. The van der Waals surface area contributed by atoms with Crippen LogP contribution in [0.25, 0.3) is 11.0 Å². The number of pyridine rings is 1. The first-order valence-electron chi connectivity index (χ1n) is 9.10. The van der Waals surface area contributed by atoms with E-state index >= 15 is 0 Å². The summed E-state index contributed by atoms with van der Waals surface area (Å²) in [6.45, 7) is 1.36. The summed E-state index contributed by atoms with van der Waals surface area (Å²) in [6.07, 6.45) is 4.49. The van der Waals surface area contributed by atoms with Crippen LogP contribution < -0.4 is 5.43 Å². The zero-order valence-corrected chi connectivity index (χ0v) is 16.7. The number of hydrazone groups is 1. The Kier molecular flexibility index (Phi) is 5.41. The van der Waals surface area contributed by atoms with Gasteiger partial charge in [-0.05, 0) is 42.3 Å². The molecule has 9 heteroatoms. The lowest BCUT2D eigenvalue weighted by Gasteiger charge is -2.17. The first-order valence-corrected chi connectivity index (χ1v) is 9.48. The molecule has 4 rings (SSSR count). The van der Waals surface area contributed by atoms with E-state index in [1.54, 1.807) is 18.3 Å². The standard InChI is InChI=1S/C21H17ClF2N6/c1-14-5-4-6-15(11-14)12-26-29-18-16-8-10-30(19(16)28-20(22)27-18)13-21(23,24)17-7-2-3-9-25-17/h2-12H,13H2,1H3,(H,27,28,29)/b26-12+. The molecule has 0 aliphatic heterocycles. The van der Waals surface area contributed by atoms with Gasteiger partial charge in [-0.15, -0.1) is 0 Å². The number of nitrogens with one attached hydrogen (secondary N) is 1. The van der Waals surface area contributed by atoms with Crippen molar-refractivity contribution < 1.29 is 8.78 Å². The molecule has 0 saturated heterocycles. The molecule has 0 fully saturated rings. The summed E-state index contributed by atoms with van der Waals surface area (Å²) in [5, 5.41) is 4.64. The minimum absolute atomic E-state index is 0.0724. The van der Waals surface area contributed by atoms with Crippen molar-refractivity contribution >= 4 is 34.7 Å². The fourth-order valence-electron chi connectivity index (χ4n) is 3.04. The highest BCUT2D eigenvalue weighted by molar-refractivity contribution is 6.28. The van der Waals surface area contributed by atoms with E-state index in [0.717, 1.165) is 11.1 Å². The second-order valence-electron chi connectivity index (χ2n) is 6.73. The maximum absolute atomic E-state index is 14.7. The van der Waals surface area contributed by atoms with Crippen LogP contribution in [-0.4, -0.2) is 25.7 Å². The zero-order valence-electron chi connectivity index (χ0n) is 15.9. The number of benzene rings is 1. The van der Waals surface area contributed by atoms with Crippen molar-refractivity contribution in [2.45, 2.75) is 19.4 Å². The number of aryl methyl sites for hydroxylation is 1. The minimum Gasteiger partial charge on any atom is -0.326 e. The van der Waals surface area contributed by atoms with E-state index in [1.165, 1.54) is 29.1 Å². The summed E-state index contributed by atoms with van der Waals surface area (Å²) in [5.74, 6) is -2.85. The summed E-state index contributed by atoms with van der Waals surface area (Å²) in [5.41, 5.74) is 4.81. The van der Waals surface area contributed by atoms with Crippen LogP contribution in [0, 0.1) is 6.92 Å². The van der Waals surface area contributed by atoms with Crippen LogP contribution in [-0.2, 0) is 12.5 Å². The number of fused-ring (bicyclic) bond motifs is 1. The van der Waals surface area contributed by atoms with Gasteiger partial charge in [0.25, 0.3) is 0 Å². The Morgan fingerprint density at radius 1 is 1.17 bits per heavy atom. The molecule has 0 saturated carbocycles. The second kappa shape index (κ2) is 8.16.